The summed E-state index contributed by atoms with van der Waals surface area (Å²) in [6.07, 6.45) is 0. The van der Waals surface area contributed by atoms with Gasteiger partial charge in [0.15, 0.2) is 0 Å². The summed E-state index contributed by atoms with van der Waals surface area (Å²) in [6.45, 7) is 2.06. The van der Waals surface area contributed by atoms with Gasteiger partial charge in [0, 0.05) is 0 Å². The Morgan fingerprint density at radius 3 is 2.14 bits per heavy atom. The van der Waals surface area contributed by atoms with Gasteiger partial charge in [0.1, 0.15) is 5.75 Å². The van der Waals surface area contributed by atoms with Crippen LogP contribution in [-0.4, -0.2) is 5.11 Å². The fraction of sp³-hybridized carbons (Fsp3) is 0.0769. The van der Waals surface area contributed by atoms with Crippen LogP contribution in [0.3, 0.4) is 0 Å². The van der Waals surface area contributed by atoms with Crippen LogP contribution in [0.15, 0.2) is 48.5 Å². The second-order valence-corrected chi connectivity index (χ2v) is 3.42. The monoisotopic (exact) mass is 184 g/mol. The van der Waals surface area contributed by atoms with Crippen molar-refractivity contribution in [2.45, 2.75) is 6.92 Å². The number of rotatable bonds is 1. The predicted molar refractivity (Wildman–Crippen MR) is 58.3 cm³/mol. The Labute approximate surface area is 83.6 Å². The van der Waals surface area contributed by atoms with Crippen LogP contribution in [-0.2, 0) is 0 Å². The SMILES string of the molecule is Cc1cccc(-c2cccc(O)c2)c1. The number of aromatic hydroxyl groups is 1. The quantitative estimate of drug-likeness (QED) is 0.720. The van der Waals surface area contributed by atoms with Gasteiger partial charge in [-0.3, -0.25) is 0 Å². The Kier molecular flexibility index (Phi) is 2.23. The maximum Gasteiger partial charge on any atom is 0.116 e. The van der Waals surface area contributed by atoms with Gasteiger partial charge in [0.05, 0.1) is 0 Å². The lowest BCUT2D eigenvalue weighted by atomic mass is 10.0. The summed E-state index contributed by atoms with van der Waals surface area (Å²) >= 11 is 0. The van der Waals surface area contributed by atoms with Crippen LogP contribution in [0.1, 0.15) is 5.56 Å². The molecule has 0 saturated carbocycles. The van der Waals surface area contributed by atoms with Crippen molar-refractivity contribution in [3.63, 3.8) is 0 Å². The Morgan fingerprint density at radius 1 is 0.857 bits per heavy atom. The first-order chi connectivity index (χ1) is 6.75. The smallest absolute Gasteiger partial charge is 0.116 e. The summed E-state index contributed by atoms with van der Waals surface area (Å²) in [4.78, 5) is 0. The van der Waals surface area contributed by atoms with Gasteiger partial charge in [-0.1, -0.05) is 42.0 Å². The summed E-state index contributed by atoms with van der Waals surface area (Å²) in [7, 11) is 0. The van der Waals surface area contributed by atoms with Gasteiger partial charge in [-0.05, 0) is 30.2 Å². The number of phenolic OH excluding ortho intramolecular Hbond substituents is 1. The molecule has 0 aliphatic heterocycles. The van der Waals surface area contributed by atoms with Crippen LogP contribution < -0.4 is 0 Å². The number of hydrogen-bond acceptors (Lipinski definition) is 1. The molecule has 0 spiro atoms. The van der Waals surface area contributed by atoms with Crippen molar-refractivity contribution in [3.8, 4) is 16.9 Å². The van der Waals surface area contributed by atoms with Crippen molar-refractivity contribution < 1.29 is 5.11 Å². The Hall–Kier alpha value is -1.76. The zero-order valence-electron chi connectivity index (χ0n) is 8.07. The molecule has 0 amide bonds. The average molecular weight is 184 g/mol. The van der Waals surface area contributed by atoms with Crippen molar-refractivity contribution >= 4 is 0 Å². The fourth-order valence-corrected chi connectivity index (χ4v) is 1.51. The van der Waals surface area contributed by atoms with Crippen molar-refractivity contribution in [2.75, 3.05) is 0 Å². The van der Waals surface area contributed by atoms with E-state index in [4.69, 9.17) is 0 Å². The summed E-state index contributed by atoms with van der Waals surface area (Å²) in [5, 5.41) is 9.34. The van der Waals surface area contributed by atoms with Crippen LogP contribution in [0.5, 0.6) is 5.75 Å². The summed E-state index contributed by atoms with van der Waals surface area (Å²) in [5.74, 6) is 0.309. The van der Waals surface area contributed by atoms with Crippen LogP contribution >= 0.6 is 0 Å². The Balaban J connectivity index is 2.49. The van der Waals surface area contributed by atoms with Crippen LogP contribution in [0.4, 0.5) is 0 Å². The second kappa shape index (κ2) is 3.54. The molecule has 2 aromatic rings. The van der Waals surface area contributed by atoms with Crippen molar-refractivity contribution in [1.82, 2.24) is 0 Å². The normalized spacial score (nSPS) is 10.1. The van der Waals surface area contributed by atoms with Crippen LogP contribution in [0, 0.1) is 6.92 Å². The summed E-state index contributed by atoms with van der Waals surface area (Å²) in [6, 6.07) is 15.5. The second-order valence-electron chi connectivity index (χ2n) is 3.42. The summed E-state index contributed by atoms with van der Waals surface area (Å²) in [5.41, 5.74) is 3.42. The molecule has 0 aliphatic carbocycles. The molecule has 1 nitrogen and oxygen atoms in total. The maximum absolute atomic E-state index is 9.34. The minimum atomic E-state index is 0.309. The molecule has 0 aromatic heterocycles. The number of hydrogen-bond donors (Lipinski definition) is 1. The molecule has 0 aliphatic rings. The van der Waals surface area contributed by atoms with Crippen LogP contribution in [0.2, 0.25) is 0 Å². The maximum atomic E-state index is 9.34. The first-order valence-electron chi connectivity index (χ1n) is 4.62. The molecule has 0 bridgehead atoms. The predicted octanol–water partition coefficient (Wildman–Crippen LogP) is 3.37. The van der Waals surface area contributed by atoms with E-state index in [0.717, 1.165) is 11.1 Å². The van der Waals surface area contributed by atoms with E-state index in [1.165, 1.54) is 5.56 Å². The lowest BCUT2D eigenvalue weighted by Gasteiger charge is -2.02. The zero-order valence-corrected chi connectivity index (χ0v) is 8.07. The third-order valence-electron chi connectivity index (χ3n) is 2.20. The third-order valence-corrected chi connectivity index (χ3v) is 2.20. The molecule has 0 radical (unpaired) electrons. The molecule has 0 unspecified atom stereocenters. The molecular formula is C13H12O. The highest BCUT2D eigenvalue weighted by molar-refractivity contribution is 5.65. The van der Waals surface area contributed by atoms with E-state index < -0.39 is 0 Å². The fourth-order valence-electron chi connectivity index (χ4n) is 1.51. The van der Waals surface area contributed by atoms with E-state index in [1.54, 1.807) is 12.1 Å². The van der Waals surface area contributed by atoms with E-state index in [1.807, 2.05) is 24.3 Å². The first kappa shape index (κ1) is 8.82. The van der Waals surface area contributed by atoms with Gasteiger partial charge in [-0.2, -0.15) is 0 Å². The molecule has 2 aromatic carbocycles. The molecule has 0 fully saturated rings. The topological polar surface area (TPSA) is 20.2 Å². The molecule has 0 saturated heterocycles. The lowest BCUT2D eigenvalue weighted by molar-refractivity contribution is 0.475. The van der Waals surface area contributed by atoms with Crippen LogP contribution in [0.25, 0.3) is 11.1 Å². The van der Waals surface area contributed by atoms with Gasteiger partial charge in [0.2, 0.25) is 0 Å². The highest BCUT2D eigenvalue weighted by Crippen LogP contribution is 2.23. The third kappa shape index (κ3) is 1.77. The largest absolute Gasteiger partial charge is 0.508 e. The van der Waals surface area contributed by atoms with Gasteiger partial charge < -0.3 is 5.11 Å². The Bertz CT molecular complexity index is 403. The molecule has 1 heteroatoms. The van der Waals surface area contributed by atoms with Crippen molar-refractivity contribution in [1.29, 1.82) is 0 Å². The van der Waals surface area contributed by atoms with Gasteiger partial charge in [0.25, 0.3) is 0 Å². The van der Waals surface area contributed by atoms with Crippen molar-refractivity contribution in [2.24, 2.45) is 0 Å². The zero-order chi connectivity index (χ0) is 9.97. The molecule has 2 rings (SSSR count). The highest BCUT2D eigenvalue weighted by Gasteiger charge is 1.97. The van der Waals surface area contributed by atoms with Gasteiger partial charge >= 0.3 is 0 Å². The minimum absolute atomic E-state index is 0.309. The molecule has 70 valence electrons. The van der Waals surface area contributed by atoms with E-state index in [9.17, 15) is 5.11 Å². The minimum Gasteiger partial charge on any atom is -0.508 e. The van der Waals surface area contributed by atoms with Crippen molar-refractivity contribution in [3.05, 3.63) is 54.1 Å². The molecular weight excluding hydrogens is 172 g/mol. The summed E-state index contributed by atoms with van der Waals surface area (Å²) < 4.78 is 0. The van der Waals surface area contributed by atoms with E-state index in [0.29, 0.717) is 5.75 Å². The van der Waals surface area contributed by atoms with Gasteiger partial charge in [-0.15, -0.1) is 0 Å². The van der Waals surface area contributed by atoms with E-state index in [2.05, 4.69) is 19.1 Å². The average Bonchev–Trinajstić information content (AvgIpc) is 2.18. The number of phenols is 1. The number of aryl methyl sites for hydroxylation is 1. The molecule has 1 N–H and O–H groups in total. The lowest BCUT2D eigenvalue weighted by Crippen LogP contribution is -1.78. The standard InChI is InChI=1S/C13H12O/c1-10-4-2-5-11(8-10)12-6-3-7-13(14)9-12/h2-9,14H,1H3. The highest BCUT2D eigenvalue weighted by atomic mass is 16.3. The molecule has 0 atom stereocenters. The first-order valence-corrected chi connectivity index (χ1v) is 4.62. The molecule has 0 heterocycles. The number of benzene rings is 2. The Morgan fingerprint density at radius 2 is 1.50 bits per heavy atom. The van der Waals surface area contributed by atoms with Gasteiger partial charge in [-0.25, -0.2) is 0 Å². The molecule has 14 heavy (non-hydrogen) atoms. The van der Waals surface area contributed by atoms with E-state index in [-0.39, 0.29) is 0 Å². The van der Waals surface area contributed by atoms with E-state index >= 15 is 0 Å².